The Morgan fingerprint density at radius 2 is 2.00 bits per heavy atom. The summed E-state index contributed by atoms with van der Waals surface area (Å²) in [5, 5.41) is 0.824. The lowest BCUT2D eigenvalue weighted by Gasteiger charge is -2.30. The fourth-order valence-corrected chi connectivity index (χ4v) is 1.97. The van der Waals surface area contributed by atoms with Crippen LogP contribution in [0.15, 0.2) is 18.2 Å². The molecule has 1 aromatic carbocycles. The van der Waals surface area contributed by atoms with Gasteiger partial charge in [-0.05, 0) is 36.0 Å². The molecule has 0 saturated heterocycles. The molecular formula is C13H21ClN2. The van der Waals surface area contributed by atoms with E-state index in [0.717, 1.165) is 17.0 Å². The number of nitrogens with one attached hydrogen (secondary N) is 1. The molecule has 0 spiro atoms. The second kappa shape index (κ2) is 5.17. The van der Waals surface area contributed by atoms with E-state index in [9.17, 15) is 0 Å². The van der Waals surface area contributed by atoms with Crippen molar-refractivity contribution in [1.82, 2.24) is 5.43 Å². The standard InChI is InChI=1S/C13H21ClN2/c1-9-5-6-10(11(14)7-9)8-12(16-15)13(2,3)4/h5-7,12,16H,8,15H2,1-4H3. The van der Waals surface area contributed by atoms with Crippen LogP contribution in [0, 0.1) is 12.3 Å². The van der Waals surface area contributed by atoms with E-state index in [4.69, 9.17) is 17.4 Å². The summed E-state index contributed by atoms with van der Waals surface area (Å²) >= 11 is 6.21. The summed E-state index contributed by atoms with van der Waals surface area (Å²) in [7, 11) is 0. The normalized spacial score (nSPS) is 13.9. The zero-order chi connectivity index (χ0) is 12.3. The van der Waals surface area contributed by atoms with Gasteiger partial charge >= 0.3 is 0 Å². The SMILES string of the molecule is Cc1ccc(CC(NN)C(C)(C)C)c(Cl)c1. The van der Waals surface area contributed by atoms with Crippen molar-refractivity contribution in [1.29, 1.82) is 0 Å². The topological polar surface area (TPSA) is 38.0 Å². The molecule has 0 saturated carbocycles. The van der Waals surface area contributed by atoms with Crippen LogP contribution in [0.5, 0.6) is 0 Å². The number of nitrogens with two attached hydrogens (primary N) is 1. The highest BCUT2D eigenvalue weighted by atomic mass is 35.5. The highest BCUT2D eigenvalue weighted by Gasteiger charge is 2.24. The lowest BCUT2D eigenvalue weighted by atomic mass is 9.83. The summed E-state index contributed by atoms with van der Waals surface area (Å²) in [5.74, 6) is 5.59. The van der Waals surface area contributed by atoms with Crippen LogP contribution < -0.4 is 11.3 Å². The van der Waals surface area contributed by atoms with Crippen molar-refractivity contribution >= 4 is 11.6 Å². The Bertz CT molecular complexity index is 355. The van der Waals surface area contributed by atoms with Gasteiger partial charge in [-0.2, -0.15) is 0 Å². The van der Waals surface area contributed by atoms with Gasteiger partial charge in [-0.1, -0.05) is 44.5 Å². The number of aryl methyl sites for hydroxylation is 1. The van der Waals surface area contributed by atoms with Crippen molar-refractivity contribution in [3.05, 3.63) is 34.3 Å². The van der Waals surface area contributed by atoms with Crippen molar-refractivity contribution < 1.29 is 0 Å². The van der Waals surface area contributed by atoms with E-state index >= 15 is 0 Å². The largest absolute Gasteiger partial charge is 0.271 e. The van der Waals surface area contributed by atoms with Crippen molar-refractivity contribution in [2.24, 2.45) is 11.3 Å². The van der Waals surface area contributed by atoms with Gasteiger partial charge in [0.05, 0.1) is 0 Å². The van der Waals surface area contributed by atoms with Crippen LogP contribution >= 0.6 is 11.6 Å². The van der Waals surface area contributed by atoms with Gasteiger partial charge in [0.15, 0.2) is 0 Å². The lowest BCUT2D eigenvalue weighted by Crippen LogP contribution is -2.45. The van der Waals surface area contributed by atoms with Gasteiger partial charge in [0.2, 0.25) is 0 Å². The molecular weight excluding hydrogens is 220 g/mol. The zero-order valence-electron chi connectivity index (χ0n) is 10.5. The van der Waals surface area contributed by atoms with E-state index in [1.54, 1.807) is 0 Å². The molecule has 0 bridgehead atoms. The zero-order valence-corrected chi connectivity index (χ0v) is 11.2. The Kier molecular flexibility index (Phi) is 4.36. The van der Waals surface area contributed by atoms with Gasteiger partial charge in [0.1, 0.15) is 0 Å². The first-order chi connectivity index (χ1) is 7.34. The first-order valence-electron chi connectivity index (χ1n) is 5.55. The minimum atomic E-state index is 0.114. The number of hydrogen-bond acceptors (Lipinski definition) is 2. The van der Waals surface area contributed by atoms with Crippen molar-refractivity contribution in [2.45, 2.75) is 40.2 Å². The molecule has 0 aliphatic heterocycles. The summed E-state index contributed by atoms with van der Waals surface area (Å²) in [4.78, 5) is 0. The molecule has 0 aliphatic carbocycles. The molecule has 3 heteroatoms. The molecule has 0 fully saturated rings. The molecule has 0 heterocycles. The maximum atomic E-state index is 6.21. The van der Waals surface area contributed by atoms with Gasteiger partial charge in [0.25, 0.3) is 0 Å². The van der Waals surface area contributed by atoms with Crippen LogP contribution in [0.1, 0.15) is 31.9 Å². The Hall–Kier alpha value is -0.570. The van der Waals surface area contributed by atoms with Crippen molar-refractivity contribution in [3.8, 4) is 0 Å². The molecule has 0 aliphatic rings. The number of halogens is 1. The second-order valence-electron chi connectivity index (χ2n) is 5.38. The van der Waals surface area contributed by atoms with Crippen molar-refractivity contribution in [3.63, 3.8) is 0 Å². The third-order valence-electron chi connectivity index (χ3n) is 2.88. The first kappa shape index (κ1) is 13.5. The fraction of sp³-hybridized carbons (Fsp3) is 0.538. The molecule has 1 atom stereocenters. The van der Waals surface area contributed by atoms with Crippen LogP contribution in [0.3, 0.4) is 0 Å². The van der Waals surface area contributed by atoms with E-state index in [1.165, 1.54) is 5.56 Å². The molecule has 1 unspecified atom stereocenters. The van der Waals surface area contributed by atoms with Gasteiger partial charge in [-0.3, -0.25) is 11.3 Å². The van der Waals surface area contributed by atoms with E-state index in [-0.39, 0.29) is 11.5 Å². The van der Waals surface area contributed by atoms with Gasteiger partial charge in [-0.15, -0.1) is 0 Å². The lowest BCUT2D eigenvalue weighted by molar-refractivity contribution is 0.269. The van der Waals surface area contributed by atoms with Crippen LogP contribution in [0.4, 0.5) is 0 Å². The predicted octanol–water partition coefficient (Wildman–Crippen LogP) is 3.07. The molecule has 0 amide bonds. The van der Waals surface area contributed by atoms with Crippen LogP contribution in [-0.4, -0.2) is 6.04 Å². The number of hydrogen-bond donors (Lipinski definition) is 2. The van der Waals surface area contributed by atoms with E-state index in [2.05, 4.69) is 38.3 Å². The third-order valence-corrected chi connectivity index (χ3v) is 3.23. The maximum absolute atomic E-state index is 6.21. The highest BCUT2D eigenvalue weighted by Crippen LogP contribution is 2.25. The minimum Gasteiger partial charge on any atom is -0.271 e. The van der Waals surface area contributed by atoms with Gasteiger partial charge in [-0.25, -0.2) is 0 Å². The average Bonchev–Trinajstić information content (AvgIpc) is 2.14. The summed E-state index contributed by atoms with van der Waals surface area (Å²) in [6, 6.07) is 6.37. The van der Waals surface area contributed by atoms with E-state index < -0.39 is 0 Å². The summed E-state index contributed by atoms with van der Waals surface area (Å²) in [5.41, 5.74) is 5.31. The maximum Gasteiger partial charge on any atom is 0.0441 e. The molecule has 16 heavy (non-hydrogen) atoms. The minimum absolute atomic E-state index is 0.114. The van der Waals surface area contributed by atoms with Crippen LogP contribution in [-0.2, 0) is 6.42 Å². The number of benzene rings is 1. The Balaban J connectivity index is 2.86. The molecule has 90 valence electrons. The van der Waals surface area contributed by atoms with E-state index in [1.807, 2.05) is 13.0 Å². The Morgan fingerprint density at radius 3 is 2.44 bits per heavy atom. The average molecular weight is 241 g/mol. The molecule has 1 rings (SSSR count). The molecule has 1 aromatic rings. The Labute approximate surface area is 103 Å². The number of hydrazine groups is 1. The van der Waals surface area contributed by atoms with Crippen LogP contribution in [0.2, 0.25) is 5.02 Å². The molecule has 2 nitrogen and oxygen atoms in total. The summed E-state index contributed by atoms with van der Waals surface area (Å²) in [6.07, 6.45) is 0.846. The number of rotatable bonds is 3. The quantitative estimate of drug-likeness (QED) is 0.630. The monoisotopic (exact) mass is 240 g/mol. The van der Waals surface area contributed by atoms with Crippen LogP contribution in [0.25, 0.3) is 0 Å². The molecule has 0 radical (unpaired) electrons. The summed E-state index contributed by atoms with van der Waals surface area (Å²) < 4.78 is 0. The molecule has 3 N–H and O–H groups in total. The second-order valence-corrected chi connectivity index (χ2v) is 5.79. The molecule has 0 aromatic heterocycles. The van der Waals surface area contributed by atoms with E-state index in [0.29, 0.717) is 0 Å². The van der Waals surface area contributed by atoms with Gasteiger partial charge in [0, 0.05) is 11.1 Å². The third kappa shape index (κ3) is 3.48. The highest BCUT2D eigenvalue weighted by molar-refractivity contribution is 6.31. The van der Waals surface area contributed by atoms with Crippen molar-refractivity contribution in [2.75, 3.05) is 0 Å². The first-order valence-corrected chi connectivity index (χ1v) is 5.93. The fourth-order valence-electron chi connectivity index (χ4n) is 1.65. The smallest absolute Gasteiger partial charge is 0.0441 e. The Morgan fingerprint density at radius 1 is 1.38 bits per heavy atom. The summed E-state index contributed by atoms with van der Waals surface area (Å²) in [6.45, 7) is 8.54. The van der Waals surface area contributed by atoms with Gasteiger partial charge < -0.3 is 0 Å². The predicted molar refractivity (Wildman–Crippen MR) is 70.5 cm³/mol.